The van der Waals surface area contributed by atoms with Crippen molar-refractivity contribution in [3.8, 4) is 0 Å². The Hall–Kier alpha value is -2.04. The topological polar surface area (TPSA) is 34.9 Å². The average Bonchev–Trinajstić information content (AvgIpc) is 2.77. The minimum absolute atomic E-state index is 0.106. The third-order valence-electron chi connectivity index (χ3n) is 5.36. The number of aromatic nitrogens is 2. The van der Waals surface area contributed by atoms with E-state index in [0.29, 0.717) is 6.42 Å². The Kier molecular flexibility index (Phi) is 9.70. The molecule has 0 spiro atoms. The highest BCUT2D eigenvalue weighted by Crippen LogP contribution is 2.18. The first kappa shape index (κ1) is 23.6. The molecule has 0 fully saturated rings. The van der Waals surface area contributed by atoms with Crippen molar-refractivity contribution < 1.29 is 0 Å². The van der Waals surface area contributed by atoms with Gasteiger partial charge in [-0.1, -0.05) is 91.5 Å². The molecule has 0 N–H and O–H groups in total. The fraction of sp³-hybridized carbons (Fsp3) is 0.385. The summed E-state index contributed by atoms with van der Waals surface area (Å²) >= 11 is 7.61. The lowest BCUT2D eigenvalue weighted by atomic mass is 10.1. The van der Waals surface area contributed by atoms with Crippen LogP contribution in [0.4, 0.5) is 0 Å². The molecule has 1 aromatic heterocycles. The molecule has 164 valence electrons. The smallest absolute Gasteiger partial charge is 0.277 e. The molecule has 0 bridgehead atoms. The maximum absolute atomic E-state index is 12.4. The highest BCUT2D eigenvalue weighted by Gasteiger charge is 2.08. The molecule has 0 saturated heterocycles. The Bertz CT molecular complexity index is 987. The largest absolute Gasteiger partial charge is 0.330 e. The van der Waals surface area contributed by atoms with Gasteiger partial charge in [-0.2, -0.15) is 4.98 Å². The average molecular weight is 455 g/mol. The first-order valence-corrected chi connectivity index (χ1v) is 12.5. The molecule has 0 aliphatic rings. The van der Waals surface area contributed by atoms with Gasteiger partial charge in [0.05, 0.1) is 0 Å². The van der Waals surface area contributed by atoms with Gasteiger partial charge in [0.2, 0.25) is 0 Å². The van der Waals surface area contributed by atoms with E-state index in [1.807, 2.05) is 60.3 Å². The lowest BCUT2D eigenvalue weighted by molar-refractivity contribution is 0.609. The normalized spacial score (nSPS) is 11.0. The summed E-state index contributed by atoms with van der Waals surface area (Å²) in [5.41, 5.74) is 3.14. The Morgan fingerprint density at radius 3 is 2.29 bits per heavy atom. The summed E-state index contributed by atoms with van der Waals surface area (Å²) in [7, 11) is 1.98. The molecule has 3 rings (SSSR count). The van der Waals surface area contributed by atoms with E-state index in [-0.39, 0.29) is 5.56 Å². The van der Waals surface area contributed by atoms with E-state index in [2.05, 4.69) is 17.1 Å². The van der Waals surface area contributed by atoms with Gasteiger partial charge in [0.15, 0.2) is 5.16 Å². The van der Waals surface area contributed by atoms with E-state index >= 15 is 0 Å². The molecule has 0 amide bonds. The summed E-state index contributed by atoms with van der Waals surface area (Å²) in [6.45, 7) is 0. The summed E-state index contributed by atoms with van der Waals surface area (Å²) < 4.78 is 1.99. The zero-order valence-electron chi connectivity index (χ0n) is 18.2. The van der Waals surface area contributed by atoms with Crippen LogP contribution in [0.3, 0.4) is 0 Å². The Balaban J connectivity index is 1.31. The van der Waals surface area contributed by atoms with Crippen LogP contribution in [0, 0.1) is 0 Å². The molecule has 0 unspecified atom stereocenters. The van der Waals surface area contributed by atoms with Gasteiger partial charge >= 0.3 is 0 Å². The van der Waals surface area contributed by atoms with Gasteiger partial charge in [-0.15, -0.1) is 0 Å². The molecule has 3 nitrogen and oxygen atoms in total. The SMILES string of the molecule is Cn1cc(Cc2ccccc2)c(=O)nc1SCCCCCCCCc1ccc(Cl)cc1. The number of aryl methyl sites for hydroxylation is 2. The third kappa shape index (κ3) is 8.19. The quantitative estimate of drug-likeness (QED) is 0.173. The number of benzene rings is 2. The zero-order valence-corrected chi connectivity index (χ0v) is 19.8. The van der Waals surface area contributed by atoms with E-state index in [1.165, 1.54) is 37.7 Å². The second kappa shape index (κ2) is 12.7. The maximum atomic E-state index is 12.4. The number of unbranched alkanes of at least 4 members (excludes halogenated alkanes) is 5. The molecule has 0 aliphatic heterocycles. The molecule has 2 aromatic carbocycles. The van der Waals surface area contributed by atoms with E-state index in [0.717, 1.165) is 39.9 Å². The van der Waals surface area contributed by atoms with Crippen molar-refractivity contribution in [1.82, 2.24) is 9.55 Å². The standard InChI is InChI=1S/C26H31ClN2OS/c1-29-20-23(19-22-12-8-6-9-13-22)25(30)28-26(29)31-18-10-5-3-2-4-7-11-21-14-16-24(27)17-15-21/h6,8-9,12-17,20H,2-5,7,10-11,18-19H2,1H3. The number of nitrogens with zero attached hydrogens (tertiary/aromatic N) is 2. The molecule has 5 heteroatoms. The summed E-state index contributed by atoms with van der Waals surface area (Å²) in [4.78, 5) is 16.7. The van der Waals surface area contributed by atoms with Gasteiger partial charge in [0.25, 0.3) is 5.56 Å². The molecule has 1 heterocycles. The summed E-state index contributed by atoms with van der Waals surface area (Å²) in [6.07, 6.45) is 11.1. The lowest BCUT2D eigenvalue weighted by Crippen LogP contribution is -2.18. The molecule has 3 aromatic rings. The van der Waals surface area contributed by atoms with Gasteiger partial charge in [-0.25, -0.2) is 0 Å². The molecule has 0 aliphatic carbocycles. The molecule has 0 radical (unpaired) electrons. The van der Waals surface area contributed by atoms with Crippen molar-refractivity contribution in [2.45, 2.75) is 56.5 Å². The third-order valence-corrected chi connectivity index (χ3v) is 6.75. The summed E-state index contributed by atoms with van der Waals surface area (Å²) in [5.74, 6) is 1.00. The number of rotatable bonds is 12. The van der Waals surface area contributed by atoms with Crippen molar-refractivity contribution in [1.29, 1.82) is 0 Å². The second-order valence-electron chi connectivity index (χ2n) is 7.97. The summed E-state index contributed by atoms with van der Waals surface area (Å²) in [6, 6.07) is 18.2. The second-order valence-corrected chi connectivity index (χ2v) is 9.47. The summed E-state index contributed by atoms with van der Waals surface area (Å²) in [5, 5.41) is 1.62. The van der Waals surface area contributed by atoms with Crippen LogP contribution < -0.4 is 5.56 Å². The first-order valence-electron chi connectivity index (χ1n) is 11.1. The van der Waals surface area contributed by atoms with Gasteiger partial charge in [-0.05, 0) is 42.5 Å². The predicted octanol–water partition coefficient (Wildman–Crippen LogP) is 6.70. The van der Waals surface area contributed by atoms with Crippen LogP contribution >= 0.6 is 23.4 Å². The van der Waals surface area contributed by atoms with Crippen molar-refractivity contribution in [3.05, 3.63) is 92.9 Å². The van der Waals surface area contributed by atoms with Crippen molar-refractivity contribution in [2.24, 2.45) is 7.05 Å². The van der Waals surface area contributed by atoms with E-state index in [4.69, 9.17) is 11.6 Å². The Morgan fingerprint density at radius 2 is 1.55 bits per heavy atom. The van der Waals surface area contributed by atoms with Crippen LogP contribution in [0.15, 0.2) is 70.7 Å². The van der Waals surface area contributed by atoms with Crippen LogP contribution in [0.1, 0.15) is 55.2 Å². The highest BCUT2D eigenvalue weighted by molar-refractivity contribution is 7.99. The van der Waals surface area contributed by atoms with Gasteiger partial charge < -0.3 is 4.57 Å². The minimum Gasteiger partial charge on any atom is -0.330 e. The molecule has 0 atom stereocenters. The first-order chi connectivity index (χ1) is 15.1. The van der Waals surface area contributed by atoms with Crippen molar-refractivity contribution >= 4 is 23.4 Å². The van der Waals surface area contributed by atoms with E-state index in [9.17, 15) is 4.79 Å². The molecular formula is C26H31ClN2OS. The fourth-order valence-electron chi connectivity index (χ4n) is 3.61. The molecule has 0 saturated carbocycles. The van der Waals surface area contributed by atoms with Crippen LogP contribution in [0.25, 0.3) is 0 Å². The van der Waals surface area contributed by atoms with Crippen LogP contribution in [0.5, 0.6) is 0 Å². The number of thioether (sulfide) groups is 1. The number of hydrogen-bond donors (Lipinski definition) is 0. The van der Waals surface area contributed by atoms with Crippen LogP contribution in [-0.4, -0.2) is 15.3 Å². The monoisotopic (exact) mass is 454 g/mol. The number of hydrogen-bond acceptors (Lipinski definition) is 3. The highest BCUT2D eigenvalue weighted by atomic mass is 35.5. The van der Waals surface area contributed by atoms with E-state index in [1.54, 1.807) is 11.8 Å². The Morgan fingerprint density at radius 1 is 0.871 bits per heavy atom. The molecular weight excluding hydrogens is 424 g/mol. The van der Waals surface area contributed by atoms with Crippen molar-refractivity contribution in [3.63, 3.8) is 0 Å². The zero-order chi connectivity index (χ0) is 21.9. The Labute approximate surface area is 194 Å². The lowest BCUT2D eigenvalue weighted by Gasteiger charge is -2.09. The van der Waals surface area contributed by atoms with Gasteiger partial charge in [0.1, 0.15) is 0 Å². The van der Waals surface area contributed by atoms with E-state index < -0.39 is 0 Å². The minimum atomic E-state index is -0.106. The van der Waals surface area contributed by atoms with Crippen molar-refractivity contribution in [2.75, 3.05) is 5.75 Å². The van der Waals surface area contributed by atoms with Gasteiger partial charge in [-0.3, -0.25) is 4.79 Å². The van der Waals surface area contributed by atoms with Gasteiger partial charge in [0, 0.05) is 36.0 Å². The number of halogens is 1. The maximum Gasteiger partial charge on any atom is 0.277 e. The van der Waals surface area contributed by atoms with Crippen LogP contribution in [-0.2, 0) is 19.9 Å². The predicted molar refractivity (Wildman–Crippen MR) is 132 cm³/mol. The molecule has 31 heavy (non-hydrogen) atoms. The fourth-order valence-corrected chi connectivity index (χ4v) is 4.67. The van der Waals surface area contributed by atoms with Crippen LogP contribution in [0.2, 0.25) is 5.02 Å².